The zero-order valence-electron chi connectivity index (χ0n) is 9.56. The second-order valence-corrected chi connectivity index (χ2v) is 4.24. The summed E-state index contributed by atoms with van der Waals surface area (Å²) in [5.41, 5.74) is 6.62. The normalized spacial score (nSPS) is 15.9. The van der Waals surface area contributed by atoms with Crippen LogP contribution in [0.15, 0.2) is 6.20 Å². The van der Waals surface area contributed by atoms with E-state index in [1.165, 1.54) is 19.3 Å². The number of nitrogen functional groups attached to an aromatic ring is 1. The van der Waals surface area contributed by atoms with Crippen molar-refractivity contribution in [3.05, 3.63) is 11.8 Å². The highest BCUT2D eigenvalue weighted by atomic mass is 16.3. The summed E-state index contributed by atoms with van der Waals surface area (Å²) in [7, 11) is 0. The van der Waals surface area contributed by atoms with E-state index in [1.54, 1.807) is 6.20 Å². The molecule has 16 heavy (non-hydrogen) atoms. The van der Waals surface area contributed by atoms with Crippen LogP contribution < -0.4 is 10.6 Å². The molecule has 3 N–H and O–H groups in total. The smallest absolute Gasteiger partial charge is 0.221 e. The van der Waals surface area contributed by atoms with E-state index in [-0.39, 0.29) is 6.61 Å². The van der Waals surface area contributed by atoms with Gasteiger partial charge in [-0.15, -0.1) is 0 Å². The Morgan fingerprint density at radius 1 is 1.56 bits per heavy atom. The molecule has 88 valence electrons. The van der Waals surface area contributed by atoms with Gasteiger partial charge in [-0.2, -0.15) is 4.98 Å². The van der Waals surface area contributed by atoms with Crippen molar-refractivity contribution in [2.24, 2.45) is 0 Å². The van der Waals surface area contributed by atoms with Crippen molar-refractivity contribution in [1.82, 2.24) is 9.97 Å². The van der Waals surface area contributed by atoms with E-state index in [4.69, 9.17) is 10.8 Å². The van der Waals surface area contributed by atoms with Crippen LogP contribution in [0.4, 0.5) is 11.8 Å². The van der Waals surface area contributed by atoms with E-state index in [1.807, 2.05) is 6.92 Å². The molecule has 2 rings (SSSR count). The molecule has 0 atom stereocenters. The fraction of sp³-hybridized carbons (Fsp3) is 0.636. The SMILES string of the molecule is Cc1cnc(N)nc1N(CCO)C1CCC1. The Morgan fingerprint density at radius 2 is 2.31 bits per heavy atom. The first kappa shape index (κ1) is 11.1. The number of anilines is 2. The van der Waals surface area contributed by atoms with Crippen LogP contribution in [0.25, 0.3) is 0 Å². The maximum Gasteiger partial charge on any atom is 0.221 e. The Morgan fingerprint density at radius 3 is 2.88 bits per heavy atom. The monoisotopic (exact) mass is 222 g/mol. The Hall–Kier alpha value is -1.36. The number of hydrogen-bond acceptors (Lipinski definition) is 5. The summed E-state index contributed by atoms with van der Waals surface area (Å²) < 4.78 is 0. The van der Waals surface area contributed by atoms with Gasteiger partial charge >= 0.3 is 0 Å². The van der Waals surface area contributed by atoms with E-state index < -0.39 is 0 Å². The highest BCUT2D eigenvalue weighted by Gasteiger charge is 2.26. The fourth-order valence-electron chi connectivity index (χ4n) is 2.00. The van der Waals surface area contributed by atoms with Gasteiger partial charge in [-0.1, -0.05) is 0 Å². The number of aliphatic hydroxyl groups excluding tert-OH is 1. The van der Waals surface area contributed by atoms with E-state index >= 15 is 0 Å². The molecule has 0 aliphatic heterocycles. The zero-order valence-corrected chi connectivity index (χ0v) is 9.56. The molecule has 0 unspecified atom stereocenters. The molecule has 1 aliphatic rings. The van der Waals surface area contributed by atoms with Gasteiger partial charge in [-0.25, -0.2) is 4.98 Å². The first-order valence-electron chi connectivity index (χ1n) is 5.69. The van der Waals surface area contributed by atoms with Crippen molar-refractivity contribution >= 4 is 11.8 Å². The molecular formula is C11H18N4O. The molecule has 0 amide bonds. The maximum atomic E-state index is 9.11. The van der Waals surface area contributed by atoms with Crippen LogP contribution in [0.5, 0.6) is 0 Å². The minimum Gasteiger partial charge on any atom is -0.395 e. The lowest BCUT2D eigenvalue weighted by Crippen LogP contribution is -2.42. The van der Waals surface area contributed by atoms with Crippen LogP contribution in [-0.2, 0) is 0 Å². The number of aryl methyl sites for hydroxylation is 1. The van der Waals surface area contributed by atoms with Gasteiger partial charge in [0.2, 0.25) is 5.95 Å². The Balaban J connectivity index is 2.25. The van der Waals surface area contributed by atoms with Gasteiger partial charge in [-0.05, 0) is 26.2 Å². The summed E-state index contributed by atoms with van der Waals surface area (Å²) in [4.78, 5) is 10.4. The number of aliphatic hydroxyl groups is 1. The van der Waals surface area contributed by atoms with Crippen molar-refractivity contribution in [3.63, 3.8) is 0 Å². The molecule has 1 heterocycles. The third-order valence-electron chi connectivity index (χ3n) is 3.09. The number of hydrogen-bond donors (Lipinski definition) is 2. The zero-order chi connectivity index (χ0) is 11.5. The van der Waals surface area contributed by atoms with Gasteiger partial charge in [0.1, 0.15) is 5.82 Å². The second kappa shape index (κ2) is 4.65. The van der Waals surface area contributed by atoms with Gasteiger partial charge in [-0.3, -0.25) is 0 Å². The molecule has 0 bridgehead atoms. The van der Waals surface area contributed by atoms with E-state index in [9.17, 15) is 0 Å². The first-order valence-corrected chi connectivity index (χ1v) is 5.69. The van der Waals surface area contributed by atoms with Crippen molar-refractivity contribution in [2.45, 2.75) is 32.2 Å². The predicted molar refractivity (Wildman–Crippen MR) is 63.3 cm³/mol. The van der Waals surface area contributed by atoms with Crippen molar-refractivity contribution in [2.75, 3.05) is 23.8 Å². The molecule has 0 saturated heterocycles. The van der Waals surface area contributed by atoms with Crippen LogP contribution in [0.1, 0.15) is 24.8 Å². The topological polar surface area (TPSA) is 75.3 Å². The lowest BCUT2D eigenvalue weighted by molar-refractivity contribution is 0.283. The van der Waals surface area contributed by atoms with Gasteiger partial charge in [0, 0.05) is 24.3 Å². The van der Waals surface area contributed by atoms with Crippen molar-refractivity contribution in [1.29, 1.82) is 0 Å². The second-order valence-electron chi connectivity index (χ2n) is 4.24. The summed E-state index contributed by atoms with van der Waals surface area (Å²) in [6.45, 7) is 2.72. The first-order chi connectivity index (χ1) is 7.72. The quantitative estimate of drug-likeness (QED) is 0.785. The highest BCUT2D eigenvalue weighted by molar-refractivity contribution is 5.49. The Kier molecular flexibility index (Phi) is 3.24. The minimum atomic E-state index is 0.139. The fourth-order valence-corrected chi connectivity index (χ4v) is 2.00. The van der Waals surface area contributed by atoms with Crippen LogP contribution in [0.2, 0.25) is 0 Å². The summed E-state index contributed by atoms with van der Waals surface area (Å²) in [6.07, 6.45) is 5.33. The van der Waals surface area contributed by atoms with Gasteiger partial charge in [0.25, 0.3) is 0 Å². The van der Waals surface area contributed by atoms with Crippen LogP contribution in [-0.4, -0.2) is 34.3 Å². The van der Waals surface area contributed by atoms with Gasteiger partial charge < -0.3 is 15.7 Å². The van der Waals surface area contributed by atoms with E-state index in [2.05, 4.69) is 14.9 Å². The van der Waals surface area contributed by atoms with Gasteiger partial charge in [0.05, 0.1) is 6.61 Å². The number of nitrogens with zero attached hydrogens (tertiary/aromatic N) is 3. The van der Waals surface area contributed by atoms with Crippen LogP contribution in [0, 0.1) is 6.92 Å². The molecular weight excluding hydrogens is 204 g/mol. The summed E-state index contributed by atoms with van der Waals surface area (Å²) in [5, 5.41) is 9.11. The molecule has 5 heteroatoms. The Bertz CT molecular complexity index is 365. The van der Waals surface area contributed by atoms with E-state index in [0.717, 1.165) is 11.4 Å². The minimum absolute atomic E-state index is 0.139. The van der Waals surface area contributed by atoms with E-state index in [0.29, 0.717) is 18.5 Å². The lowest BCUT2D eigenvalue weighted by Gasteiger charge is -2.38. The van der Waals surface area contributed by atoms with Crippen LogP contribution >= 0.6 is 0 Å². The van der Waals surface area contributed by atoms with Crippen LogP contribution in [0.3, 0.4) is 0 Å². The number of rotatable bonds is 4. The molecule has 1 aromatic heterocycles. The van der Waals surface area contributed by atoms with Gasteiger partial charge in [0.15, 0.2) is 0 Å². The summed E-state index contributed by atoms with van der Waals surface area (Å²) in [6, 6.07) is 0.500. The number of aromatic nitrogens is 2. The summed E-state index contributed by atoms with van der Waals surface area (Å²) in [5.74, 6) is 1.16. The summed E-state index contributed by atoms with van der Waals surface area (Å²) >= 11 is 0. The predicted octanol–water partition coefficient (Wildman–Crippen LogP) is 0.718. The molecule has 0 spiro atoms. The maximum absolute atomic E-state index is 9.11. The highest BCUT2D eigenvalue weighted by Crippen LogP contribution is 2.29. The molecule has 5 nitrogen and oxygen atoms in total. The Labute approximate surface area is 95.3 Å². The molecule has 1 aliphatic carbocycles. The third-order valence-corrected chi connectivity index (χ3v) is 3.09. The molecule has 0 aromatic carbocycles. The molecule has 1 aromatic rings. The molecule has 0 radical (unpaired) electrons. The average Bonchev–Trinajstić information content (AvgIpc) is 2.18. The standard InChI is InChI=1S/C11H18N4O/c1-8-7-13-11(12)14-10(8)15(5-6-16)9-3-2-4-9/h7,9,16H,2-6H2,1H3,(H2,12,13,14). The largest absolute Gasteiger partial charge is 0.395 e. The third kappa shape index (κ3) is 2.09. The van der Waals surface area contributed by atoms with Crippen molar-refractivity contribution in [3.8, 4) is 0 Å². The number of nitrogens with two attached hydrogens (primary N) is 1. The molecule has 1 fully saturated rings. The van der Waals surface area contributed by atoms with Crippen molar-refractivity contribution < 1.29 is 5.11 Å². The average molecular weight is 222 g/mol. The molecule has 1 saturated carbocycles. The lowest BCUT2D eigenvalue weighted by atomic mass is 9.91.